The number of hydrogen-bond donors (Lipinski definition) is 1. The zero-order chi connectivity index (χ0) is 24.1. The second kappa shape index (κ2) is 10.3. The predicted octanol–water partition coefficient (Wildman–Crippen LogP) is 4.64. The number of Topliss-reactive ketones (excluding diaryl/α,β-unsaturated/α-hetero) is 1. The van der Waals surface area contributed by atoms with Gasteiger partial charge in [-0.3, -0.25) is 14.4 Å². The molecule has 0 atom stereocenters. The van der Waals surface area contributed by atoms with Gasteiger partial charge in [0, 0.05) is 25.1 Å². The van der Waals surface area contributed by atoms with Gasteiger partial charge in [0.05, 0.1) is 12.0 Å². The van der Waals surface area contributed by atoms with Gasteiger partial charge in [-0.25, -0.2) is 0 Å². The zero-order valence-electron chi connectivity index (χ0n) is 20.3. The summed E-state index contributed by atoms with van der Waals surface area (Å²) in [5.41, 5.74) is 2.24. The summed E-state index contributed by atoms with van der Waals surface area (Å²) in [5, 5.41) is 2.75. The molecule has 0 aliphatic carbocycles. The van der Waals surface area contributed by atoms with Crippen LogP contribution in [0, 0.1) is 0 Å². The number of rotatable bonds is 7. The molecular formula is C28H36N2O3. The van der Waals surface area contributed by atoms with Gasteiger partial charge in [0.2, 0.25) is 5.91 Å². The van der Waals surface area contributed by atoms with Crippen LogP contribution in [0.15, 0.2) is 54.6 Å². The molecular weight excluding hydrogens is 412 g/mol. The van der Waals surface area contributed by atoms with E-state index in [1.165, 1.54) is 0 Å². The van der Waals surface area contributed by atoms with Gasteiger partial charge < -0.3 is 10.2 Å². The molecule has 0 saturated carbocycles. The van der Waals surface area contributed by atoms with Gasteiger partial charge in [-0.15, -0.1) is 0 Å². The fourth-order valence-corrected chi connectivity index (χ4v) is 4.58. The van der Waals surface area contributed by atoms with Crippen molar-refractivity contribution in [1.82, 2.24) is 10.2 Å². The summed E-state index contributed by atoms with van der Waals surface area (Å²) >= 11 is 0. The maximum atomic E-state index is 13.1. The second-order valence-corrected chi connectivity index (χ2v) is 10.0. The van der Waals surface area contributed by atoms with Crippen molar-refractivity contribution >= 4 is 17.6 Å². The minimum Gasteiger partial charge on any atom is -0.343 e. The Morgan fingerprint density at radius 1 is 0.939 bits per heavy atom. The van der Waals surface area contributed by atoms with Gasteiger partial charge in [0.1, 0.15) is 5.78 Å². The number of carbonyl (C=O) groups is 3. The molecule has 2 amide bonds. The third kappa shape index (κ3) is 5.70. The van der Waals surface area contributed by atoms with Crippen molar-refractivity contribution in [2.45, 2.75) is 64.2 Å². The first kappa shape index (κ1) is 24.7. The minimum absolute atomic E-state index is 0.0206. The maximum Gasteiger partial charge on any atom is 0.251 e. The molecule has 0 bridgehead atoms. The first-order chi connectivity index (χ1) is 15.7. The monoisotopic (exact) mass is 448 g/mol. The Hall–Kier alpha value is -2.95. The largest absolute Gasteiger partial charge is 0.343 e. The number of amides is 2. The third-order valence-corrected chi connectivity index (χ3v) is 6.72. The molecule has 1 saturated heterocycles. The molecule has 2 aromatic rings. The van der Waals surface area contributed by atoms with E-state index in [-0.39, 0.29) is 29.6 Å². The first-order valence-corrected chi connectivity index (χ1v) is 11.9. The molecule has 176 valence electrons. The second-order valence-electron chi connectivity index (χ2n) is 10.0. The lowest BCUT2D eigenvalue weighted by molar-refractivity contribution is -0.135. The van der Waals surface area contributed by atoms with Crippen LogP contribution in [0.1, 0.15) is 74.9 Å². The van der Waals surface area contributed by atoms with E-state index in [0.717, 1.165) is 17.5 Å². The zero-order valence-corrected chi connectivity index (χ0v) is 20.3. The number of benzene rings is 2. The molecule has 0 unspecified atom stereocenters. The van der Waals surface area contributed by atoms with E-state index in [2.05, 4.69) is 26.1 Å². The first-order valence-electron chi connectivity index (χ1n) is 11.9. The van der Waals surface area contributed by atoms with Crippen molar-refractivity contribution < 1.29 is 14.4 Å². The predicted molar refractivity (Wildman–Crippen MR) is 131 cm³/mol. The topological polar surface area (TPSA) is 66.5 Å². The molecule has 5 heteroatoms. The molecule has 1 fully saturated rings. The highest BCUT2D eigenvalue weighted by Crippen LogP contribution is 2.37. The van der Waals surface area contributed by atoms with E-state index < -0.39 is 5.41 Å². The molecule has 0 aromatic heterocycles. The Morgan fingerprint density at radius 3 is 2.09 bits per heavy atom. The standard InChI is InChI=1S/C28H36N2O3/c1-5-9-24(31)28(23-10-7-6-8-11-23)16-18-30(19-17-28)25(32)20-29-26(33)21-12-14-22(15-13-21)27(2,3)4/h6-8,10-15H,5,9,16-20H2,1-4H3,(H,29,33). The van der Waals surface area contributed by atoms with Crippen LogP contribution in [0.2, 0.25) is 0 Å². The molecule has 2 aromatic carbocycles. The summed E-state index contributed by atoms with van der Waals surface area (Å²) in [7, 11) is 0. The molecule has 0 spiro atoms. The Morgan fingerprint density at radius 2 is 1.55 bits per heavy atom. The average Bonchev–Trinajstić information content (AvgIpc) is 2.82. The number of ketones is 1. The lowest BCUT2D eigenvalue weighted by atomic mass is 9.68. The van der Waals surface area contributed by atoms with E-state index >= 15 is 0 Å². The van der Waals surface area contributed by atoms with Gasteiger partial charge in [0.15, 0.2) is 0 Å². The Kier molecular flexibility index (Phi) is 7.72. The molecule has 1 aliphatic heterocycles. The minimum atomic E-state index is -0.522. The van der Waals surface area contributed by atoms with Crippen molar-refractivity contribution in [2.75, 3.05) is 19.6 Å². The highest BCUT2D eigenvalue weighted by atomic mass is 16.2. The van der Waals surface area contributed by atoms with Gasteiger partial charge >= 0.3 is 0 Å². The van der Waals surface area contributed by atoms with E-state index in [0.29, 0.717) is 37.9 Å². The van der Waals surface area contributed by atoms with Gasteiger partial charge in [-0.2, -0.15) is 0 Å². The lowest BCUT2D eigenvalue weighted by Crippen LogP contribution is -2.51. The molecule has 33 heavy (non-hydrogen) atoms. The van der Waals surface area contributed by atoms with Crippen LogP contribution in [-0.2, 0) is 20.4 Å². The van der Waals surface area contributed by atoms with Gasteiger partial charge in [-0.1, -0.05) is 70.2 Å². The summed E-state index contributed by atoms with van der Waals surface area (Å²) in [6.45, 7) is 9.39. The highest BCUT2D eigenvalue weighted by molar-refractivity contribution is 5.96. The van der Waals surface area contributed by atoms with E-state index in [9.17, 15) is 14.4 Å². The van der Waals surface area contributed by atoms with Crippen LogP contribution in [0.3, 0.4) is 0 Å². The fraction of sp³-hybridized carbons (Fsp3) is 0.464. The molecule has 5 nitrogen and oxygen atoms in total. The average molecular weight is 449 g/mol. The number of nitrogens with one attached hydrogen (secondary N) is 1. The van der Waals surface area contributed by atoms with Crippen molar-refractivity contribution in [3.8, 4) is 0 Å². The summed E-state index contributed by atoms with van der Waals surface area (Å²) in [4.78, 5) is 40.2. The number of carbonyl (C=O) groups excluding carboxylic acids is 3. The molecule has 1 aliphatic rings. The highest BCUT2D eigenvalue weighted by Gasteiger charge is 2.42. The van der Waals surface area contributed by atoms with Crippen molar-refractivity contribution in [2.24, 2.45) is 0 Å². The van der Waals surface area contributed by atoms with Crippen molar-refractivity contribution in [3.05, 3.63) is 71.3 Å². The molecule has 0 radical (unpaired) electrons. The van der Waals surface area contributed by atoms with E-state index in [4.69, 9.17) is 0 Å². The van der Waals surface area contributed by atoms with Crippen molar-refractivity contribution in [1.29, 1.82) is 0 Å². The van der Waals surface area contributed by atoms with E-state index in [1.54, 1.807) is 17.0 Å². The Bertz CT molecular complexity index is 966. The normalized spacial score (nSPS) is 15.7. The quantitative estimate of drug-likeness (QED) is 0.671. The maximum absolute atomic E-state index is 13.1. The smallest absolute Gasteiger partial charge is 0.251 e. The van der Waals surface area contributed by atoms with Crippen molar-refractivity contribution in [3.63, 3.8) is 0 Å². The van der Waals surface area contributed by atoms with Gasteiger partial charge in [0.25, 0.3) is 5.91 Å². The van der Waals surface area contributed by atoms with E-state index in [1.807, 2.05) is 49.4 Å². The number of likely N-dealkylation sites (tertiary alicyclic amines) is 1. The van der Waals surface area contributed by atoms with Crippen LogP contribution >= 0.6 is 0 Å². The summed E-state index contributed by atoms with van der Waals surface area (Å²) in [5.74, 6) is -0.104. The van der Waals surface area contributed by atoms with Crippen LogP contribution < -0.4 is 5.32 Å². The summed E-state index contributed by atoms with van der Waals surface area (Å²) in [6.07, 6.45) is 2.60. The number of piperidine rings is 1. The summed E-state index contributed by atoms with van der Waals surface area (Å²) in [6, 6.07) is 17.5. The van der Waals surface area contributed by atoms with Gasteiger partial charge in [-0.05, 0) is 47.9 Å². The molecule has 1 N–H and O–H groups in total. The Balaban J connectivity index is 1.59. The summed E-state index contributed by atoms with van der Waals surface area (Å²) < 4.78 is 0. The number of nitrogens with zero attached hydrogens (tertiary/aromatic N) is 1. The van der Waals surface area contributed by atoms with Crippen LogP contribution in [0.4, 0.5) is 0 Å². The van der Waals surface area contributed by atoms with Crippen LogP contribution in [-0.4, -0.2) is 42.1 Å². The van der Waals surface area contributed by atoms with Crippen LogP contribution in [0.5, 0.6) is 0 Å². The molecule has 1 heterocycles. The number of hydrogen-bond acceptors (Lipinski definition) is 3. The SMILES string of the molecule is CCCC(=O)C1(c2ccccc2)CCN(C(=O)CNC(=O)c2ccc(C(C)(C)C)cc2)CC1. The lowest BCUT2D eigenvalue weighted by Gasteiger charge is -2.41. The molecule has 3 rings (SSSR count). The fourth-order valence-electron chi connectivity index (χ4n) is 4.58. The Labute approximate surface area is 197 Å². The third-order valence-electron chi connectivity index (χ3n) is 6.72. The van der Waals surface area contributed by atoms with Crippen LogP contribution in [0.25, 0.3) is 0 Å².